The number of benzene rings is 1. The van der Waals surface area contributed by atoms with Gasteiger partial charge in [0.15, 0.2) is 0 Å². The summed E-state index contributed by atoms with van der Waals surface area (Å²) in [6.45, 7) is 1.53. The standard InChI is InChI=1S/C13H14ClFN4O2/c1-8(10-4-3-9(15)5-11(10)14)17-12(20)6-19-13(21)18(2)7-16-19/h3-5,7-8H,6H2,1-2H3,(H,17,20)/t8-/m1/s1. The van der Waals surface area contributed by atoms with Gasteiger partial charge in [0.2, 0.25) is 5.91 Å². The first kappa shape index (κ1) is 15.2. The second-order valence-corrected chi connectivity index (χ2v) is 5.04. The first-order valence-corrected chi connectivity index (χ1v) is 6.59. The molecule has 0 saturated heterocycles. The van der Waals surface area contributed by atoms with Crippen molar-refractivity contribution in [2.24, 2.45) is 7.05 Å². The molecule has 1 N–H and O–H groups in total. The van der Waals surface area contributed by atoms with Crippen LogP contribution in [0, 0.1) is 5.82 Å². The molecule has 1 heterocycles. The Balaban J connectivity index is 2.05. The van der Waals surface area contributed by atoms with E-state index in [4.69, 9.17) is 11.6 Å². The molecule has 6 nitrogen and oxygen atoms in total. The number of hydrogen-bond donors (Lipinski definition) is 1. The van der Waals surface area contributed by atoms with Gasteiger partial charge in [0, 0.05) is 12.1 Å². The van der Waals surface area contributed by atoms with Crippen LogP contribution in [0.5, 0.6) is 0 Å². The number of nitrogens with one attached hydrogen (secondary N) is 1. The Kier molecular flexibility index (Phi) is 4.42. The SMILES string of the molecule is C[C@@H](NC(=O)Cn1ncn(C)c1=O)c1ccc(F)cc1Cl. The molecule has 21 heavy (non-hydrogen) atoms. The smallest absolute Gasteiger partial charge is 0.345 e. The monoisotopic (exact) mass is 312 g/mol. The maximum Gasteiger partial charge on any atom is 0.345 e. The molecule has 112 valence electrons. The van der Waals surface area contributed by atoms with Gasteiger partial charge < -0.3 is 5.32 Å². The van der Waals surface area contributed by atoms with Gasteiger partial charge in [-0.2, -0.15) is 5.10 Å². The van der Waals surface area contributed by atoms with Crippen molar-refractivity contribution < 1.29 is 9.18 Å². The summed E-state index contributed by atoms with van der Waals surface area (Å²) in [5.74, 6) is -0.828. The second kappa shape index (κ2) is 6.09. The normalized spacial score (nSPS) is 12.2. The van der Waals surface area contributed by atoms with Gasteiger partial charge in [-0.1, -0.05) is 17.7 Å². The minimum atomic E-state index is -0.442. The van der Waals surface area contributed by atoms with Crippen LogP contribution in [0.1, 0.15) is 18.5 Å². The van der Waals surface area contributed by atoms with Crippen molar-refractivity contribution in [3.05, 3.63) is 51.4 Å². The molecule has 1 amide bonds. The molecule has 0 radical (unpaired) electrons. The molecule has 1 atom stereocenters. The fraction of sp³-hybridized carbons (Fsp3) is 0.308. The van der Waals surface area contributed by atoms with Crippen molar-refractivity contribution in [1.82, 2.24) is 19.7 Å². The summed E-state index contributed by atoms with van der Waals surface area (Å²) in [7, 11) is 1.55. The number of halogens is 2. The van der Waals surface area contributed by atoms with Crippen molar-refractivity contribution in [3.63, 3.8) is 0 Å². The van der Waals surface area contributed by atoms with Gasteiger partial charge >= 0.3 is 5.69 Å². The van der Waals surface area contributed by atoms with Crippen LogP contribution in [0.4, 0.5) is 4.39 Å². The topological polar surface area (TPSA) is 68.9 Å². The lowest BCUT2D eigenvalue weighted by Gasteiger charge is -2.15. The van der Waals surface area contributed by atoms with Crippen LogP contribution in [0.15, 0.2) is 29.3 Å². The lowest BCUT2D eigenvalue weighted by molar-refractivity contribution is -0.122. The van der Waals surface area contributed by atoms with Crippen LogP contribution in [-0.2, 0) is 18.4 Å². The summed E-state index contributed by atoms with van der Waals surface area (Å²) < 4.78 is 15.3. The molecule has 0 spiro atoms. The van der Waals surface area contributed by atoms with Crippen molar-refractivity contribution >= 4 is 17.5 Å². The third kappa shape index (κ3) is 3.49. The van der Waals surface area contributed by atoms with Gasteiger partial charge in [-0.05, 0) is 24.6 Å². The van der Waals surface area contributed by atoms with E-state index >= 15 is 0 Å². The molecular weight excluding hydrogens is 299 g/mol. The summed E-state index contributed by atoms with van der Waals surface area (Å²) in [5.41, 5.74) is 0.220. The van der Waals surface area contributed by atoms with Crippen LogP contribution in [-0.4, -0.2) is 20.3 Å². The summed E-state index contributed by atoms with van der Waals surface area (Å²) in [4.78, 5) is 23.5. The fourth-order valence-corrected chi connectivity index (χ4v) is 2.21. The lowest BCUT2D eigenvalue weighted by Crippen LogP contribution is -2.34. The zero-order valence-corrected chi connectivity index (χ0v) is 12.3. The molecule has 0 aliphatic carbocycles. The molecular formula is C13H14ClFN4O2. The molecule has 0 bridgehead atoms. The van der Waals surface area contributed by atoms with Gasteiger partial charge in [-0.3, -0.25) is 9.36 Å². The Morgan fingerprint density at radius 2 is 2.24 bits per heavy atom. The van der Waals surface area contributed by atoms with Gasteiger partial charge in [0.1, 0.15) is 18.7 Å². The molecule has 0 saturated carbocycles. The average Bonchev–Trinajstić information content (AvgIpc) is 2.70. The number of nitrogens with zero attached hydrogens (tertiary/aromatic N) is 3. The lowest BCUT2D eigenvalue weighted by atomic mass is 10.1. The van der Waals surface area contributed by atoms with E-state index in [0.717, 1.165) is 4.68 Å². The number of hydrogen-bond acceptors (Lipinski definition) is 3. The van der Waals surface area contributed by atoms with Crippen molar-refractivity contribution in [2.45, 2.75) is 19.5 Å². The molecule has 0 aliphatic heterocycles. The van der Waals surface area contributed by atoms with E-state index in [2.05, 4.69) is 10.4 Å². The van der Waals surface area contributed by atoms with Gasteiger partial charge in [-0.15, -0.1) is 0 Å². The molecule has 0 fully saturated rings. The first-order chi connectivity index (χ1) is 9.88. The summed E-state index contributed by atoms with van der Waals surface area (Å²) in [6, 6.07) is 3.55. The molecule has 0 unspecified atom stereocenters. The van der Waals surface area contributed by atoms with Crippen molar-refractivity contribution in [3.8, 4) is 0 Å². The fourth-order valence-electron chi connectivity index (χ4n) is 1.88. The molecule has 0 aliphatic rings. The van der Waals surface area contributed by atoms with E-state index in [-0.39, 0.29) is 23.2 Å². The van der Waals surface area contributed by atoms with Crippen LogP contribution in [0.3, 0.4) is 0 Å². The maximum atomic E-state index is 13.0. The molecule has 2 aromatic rings. The first-order valence-electron chi connectivity index (χ1n) is 6.21. The number of carbonyl (C=O) groups is 1. The van der Waals surface area contributed by atoms with Crippen LogP contribution in [0.25, 0.3) is 0 Å². The Bertz CT molecular complexity index is 725. The van der Waals surface area contributed by atoms with E-state index in [9.17, 15) is 14.0 Å². The van der Waals surface area contributed by atoms with Crippen LogP contribution in [0.2, 0.25) is 5.02 Å². The second-order valence-electron chi connectivity index (χ2n) is 4.64. The van der Waals surface area contributed by atoms with Gasteiger partial charge in [0.25, 0.3) is 0 Å². The van der Waals surface area contributed by atoms with Crippen molar-refractivity contribution in [1.29, 1.82) is 0 Å². The van der Waals surface area contributed by atoms with Gasteiger partial charge in [0.05, 0.1) is 6.04 Å². The summed E-state index contributed by atoms with van der Waals surface area (Å²) in [5, 5.41) is 6.72. The average molecular weight is 313 g/mol. The molecule has 8 heteroatoms. The minimum absolute atomic E-state index is 0.192. The quantitative estimate of drug-likeness (QED) is 0.924. The molecule has 2 rings (SSSR count). The van der Waals surface area contributed by atoms with E-state index < -0.39 is 11.9 Å². The van der Waals surface area contributed by atoms with Crippen LogP contribution < -0.4 is 11.0 Å². The number of aryl methyl sites for hydroxylation is 1. The number of rotatable bonds is 4. The zero-order chi connectivity index (χ0) is 15.6. The number of amides is 1. The third-order valence-electron chi connectivity index (χ3n) is 2.99. The number of aromatic nitrogens is 3. The Morgan fingerprint density at radius 1 is 1.52 bits per heavy atom. The third-order valence-corrected chi connectivity index (χ3v) is 3.31. The highest BCUT2D eigenvalue weighted by Gasteiger charge is 2.14. The van der Waals surface area contributed by atoms with Crippen LogP contribution >= 0.6 is 11.6 Å². The molecule has 1 aromatic carbocycles. The highest BCUT2D eigenvalue weighted by atomic mass is 35.5. The summed E-state index contributed by atoms with van der Waals surface area (Å²) >= 11 is 5.93. The minimum Gasteiger partial charge on any atom is -0.348 e. The predicted octanol–water partition coefficient (Wildman–Crippen LogP) is 1.25. The zero-order valence-electron chi connectivity index (χ0n) is 11.5. The highest BCUT2D eigenvalue weighted by Crippen LogP contribution is 2.23. The van der Waals surface area contributed by atoms with Crippen molar-refractivity contribution in [2.75, 3.05) is 0 Å². The molecule has 1 aromatic heterocycles. The Labute approximate surface area is 125 Å². The maximum absolute atomic E-state index is 13.0. The van der Waals surface area contributed by atoms with Gasteiger partial charge in [-0.25, -0.2) is 13.9 Å². The number of carbonyl (C=O) groups excluding carboxylic acids is 1. The predicted molar refractivity (Wildman–Crippen MR) is 75.4 cm³/mol. The summed E-state index contributed by atoms with van der Waals surface area (Å²) in [6.07, 6.45) is 1.33. The Morgan fingerprint density at radius 3 is 2.81 bits per heavy atom. The van der Waals surface area contributed by atoms with E-state index in [0.29, 0.717) is 5.56 Å². The van der Waals surface area contributed by atoms with E-state index in [1.54, 1.807) is 14.0 Å². The van der Waals surface area contributed by atoms with E-state index in [1.807, 2.05) is 0 Å². The highest BCUT2D eigenvalue weighted by molar-refractivity contribution is 6.31. The van der Waals surface area contributed by atoms with E-state index in [1.165, 1.54) is 29.1 Å². The Hall–Kier alpha value is -2.15. The largest absolute Gasteiger partial charge is 0.348 e.